The Hall–Kier alpha value is -0.660. The molecular weight excluding hydrogens is 171 g/mol. The number of hydrogen-bond acceptors (Lipinski definition) is 3. The number of hydrogen-bond donors (Lipinski definition) is 1. The van der Waals surface area contributed by atoms with Gasteiger partial charge in [-0.1, -0.05) is 6.92 Å². The molecule has 0 aromatic carbocycles. The van der Waals surface area contributed by atoms with E-state index in [4.69, 9.17) is 5.26 Å². The van der Waals surface area contributed by atoms with Crippen LogP contribution in [-0.2, 0) is 0 Å². The Labute approximate surface area is 77.8 Å². The molecule has 0 saturated carbocycles. The van der Waals surface area contributed by atoms with Crippen molar-refractivity contribution >= 4 is 0 Å². The topological polar surface area (TPSA) is 47.3 Å². The average molecular weight is 186 g/mol. The first-order valence-corrected chi connectivity index (χ1v) is 4.60. The van der Waals surface area contributed by atoms with Gasteiger partial charge in [-0.2, -0.15) is 5.26 Å². The molecule has 1 rings (SSSR count). The highest BCUT2D eigenvalue weighted by molar-refractivity contribution is 5.07. The van der Waals surface area contributed by atoms with Crippen LogP contribution in [0.25, 0.3) is 0 Å². The quantitative estimate of drug-likeness (QED) is 0.705. The molecule has 0 amide bonds. The summed E-state index contributed by atoms with van der Waals surface area (Å²) in [6, 6.07) is 1.67. The van der Waals surface area contributed by atoms with Crippen LogP contribution in [-0.4, -0.2) is 41.4 Å². The molecule has 1 N–H and O–H groups in total. The highest BCUT2D eigenvalue weighted by atomic mass is 19.1. The number of nitriles is 1. The molecule has 4 heteroatoms. The lowest BCUT2D eigenvalue weighted by Crippen LogP contribution is -2.33. The largest absolute Gasteiger partial charge is 0.392 e. The zero-order valence-corrected chi connectivity index (χ0v) is 7.83. The van der Waals surface area contributed by atoms with Crippen LogP contribution in [0.3, 0.4) is 0 Å². The van der Waals surface area contributed by atoms with E-state index in [-0.39, 0.29) is 13.0 Å². The molecule has 1 aliphatic rings. The van der Waals surface area contributed by atoms with Crippen molar-refractivity contribution in [2.75, 3.05) is 19.6 Å². The van der Waals surface area contributed by atoms with Gasteiger partial charge < -0.3 is 5.11 Å². The van der Waals surface area contributed by atoms with Gasteiger partial charge in [0.05, 0.1) is 6.10 Å². The molecule has 1 saturated heterocycles. The number of β-amino-alcohol motifs (C(OH)–C–C–N with tert-alkyl or cyclic N) is 1. The molecule has 3 nitrogen and oxygen atoms in total. The molecule has 1 fully saturated rings. The minimum Gasteiger partial charge on any atom is -0.392 e. The average Bonchev–Trinajstić information content (AvgIpc) is 2.48. The molecule has 0 bridgehead atoms. The molecule has 0 radical (unpaired) electrons. The van der Waals surface area contributed by atoms with E-state index in [1.54, 1.807) is 11.0 Å². The molecule has 2 atom stereocenters. The number of aliphatic hydroxyl groups excluding tert-OH is 1. The van der Waals surface area contributed by atoms with E-state index in [2.05, 4.69) is 0 Å². The first kappa shape index (κ1) is 10.4. The Bertz CT molecular complexity index is 216. The lowest BCUT2D eigenvalue weighted by Gasteiger charge is -2.18. The van der Waals surface area contributed by atoms with Gasteiger partial charge in [0, 0.05) is 26.1 Å². The summed E-state index contributed by atoms with van der Waals surface area (Å²) in [7, 11) is 0. The van der Waals surface area contributed by atoms with Crippen LogP contribution in [0.2, 0.25) is 0 Å². The molecule has 0 spiro atoms. The number of nitrogens with zero attached hydrogens (tertiary/aromatic N) is 2. The van der Waals surface area contributed by atoms with Crippen LogP contribution in [0.4, 0.5) is 4.39 Å². The normalized spacial score (nSPS) is 31.5. The lowest BCUT2D eigenvalue weighted by atomic mass is 10.1. The summed E-state index contributed by atoms with van der Waals surface area (Å²) in [5.74, 6) is 0. The third-order valence-electron chi connectivity index (χ3n) is 2.44. The van der Waals surface area contributed by atoms with Crippen molar-refractivity contribution < 1.29 is 9.50 Å². The predicted molar refractivity (Wildman–Crippen MR) is 46.8 cm³/mol. The molecule has 13 heavy (non-hydrogen) atoms. The molecule has 0 aliphatic carbocycles. The third-order valence-corrected chi connectivity index (χ3v) is 2.44. The summed E-state index contributed by atoms with van der Waals surface area (Å²) in [6.45, 7) is 3.07. The maximum absolute atomic E-state index is 13.4. The van der Waals surface area contributed by atoms with E-state index in [0.29, 0.717) is 19.5 Å². The van der Waals surface area contributed by atoms with Gasteiger partial charge in [-0.3, -0.25) is 4.90 Å². The second-order valence-electron chi connectivity index (χ2n) is 3.62. The summed E-state index contributed by atoms with van der Waals surface area (Å²) in [6.07, 6.45) is 0.531. The van der Waals surface area contributed by atoms with Gasteiger partial charge in [-0.05, 0) is 6.42 Å². The first-order valence-electron chi connectivity index (χ1n) is 4.60. The zero-order valence-electron chi connectivity index (χ0n) is 7.83. The molecule has 0 aromatic heterocycles. The van der Waals surface area contributed by atoms with Crippen molar-refractivity contribution in [2.45, 2.75) is 31.5 Å². The minimum absolute atomic E-state index is 0.139. The van der Waals surface area contributed by atoms with Gasteiger partial charge in [0.1, 0.15) is 6.07 Å². The second kappa shape index (κ2) is 4.03. The van der Waals surface area contributed by atoms with E-state index in [9.17, 15) is 9.50 Å². The fraction of sp³-hybridized carbons (Fsp3) is 0.889. The van der Waals surface area contributed by atoms with E-state index < -0.39 is 11.8 Å². The van der Waals surface area contributed by atoms with Crippen LogP contribution >= 0.6 is 0 Å². The van der Waals surface area contributed by atoms with Crippen molar-refractivity contribution in [2.24, 2.45) is 0 Å². The summed E-state index contributed by atoms with van der Waals surface area (Å²) >= 11 is 0. The molecular formula is C9H15FN2O. The van der Waals surface area contributed by atoms with Crippen LogP contribution in [0.15, 0.2) is 0 Å². The van der Waals surface area contributed by atoms with Crippen molar-refractivity contribution in [1.29, 1.82) is 5.26 Å². The summed E-state index contributed by atoms with van der Waals surface area (Å²) in [5, 5.41) is 17.8. The van der Waals surface area contributed by atoms with Crippen molar-refractivity contribution in [1.82, 2.24) is 4.90 Å². The standard InChI is InChI=1S/C9H15FN2O/c1-2-8(13)5-12-4-3-9(10,6-11)7-12/h8,13H,2-5,7H2,1H3/t8-,9?/m0/s1. The smallest absolute Gasteiger partial charge is 0.209 e. The summed E-state index contributed by atoms with van der Waals surface area (Å²) < 4.78 is 13.4. The summed E-state index contributed by atoms with van der Waals surface area (Å²) in [5.41, 5.74) is -1.69. The summed E-state index contributed by atoms with van der Waals surface area (Å²) in [4.78, 5) is 1.80. The highest BCUT2D eigenvalue weighted by Gasteiger charge is 2.38. The predicted octanol–water partition coefficient (Wildman–Crippen LogP) is 0.695. The minimum atomic E-state index is -1.69. The Kier molecular flexibility index (Phi) is 3.23. The van der Waals surface area contributed by atoms with Crippen LogP contribution in [0.1, 0.15) is 19.8 Å². The molecule has 1 unspecified atom stereocenters. The van der Waals surface area contributed by atoms with E-state index in [1.165, 1.54) is 0 Å². The Morgan fingerprint density at radius 2 is 2.46 bits per heavy atom. The molecule has 1 aliphatic heterocycles. The van der Waals surface area contributed by atoms with Crippen LogP contribution in [0, 0.1) is 11.3 Å². The number of rotatable bonds is 3. The monoisotopic (exact) mass is 186 g/mol. The first-order chi connectivity index (χ1) is 6.09. The molecule has 1 heterocycles. The van der Waals surface area contributed by atoms with Gasteiger partial charge in [0.25, 0.3) is 0 Å². The van der Waals surface area contributed by atoms with Crippen LogP contribution < -0.4 is 0 Å². The van der Waals surface area contributed by atoms with Crippen molar-refractivity contribution in [3.8, 4) is 6.07 Å². The van der Waals surface area contributed by atoms with Gasteiger partial charge in [-0.25, -0.2) is 4.39 Å². The Morgan fingerprint density at radius 3 is 2.92 bits per heavy atom. The number of halogens is 1. The van der Waals surface area contributed by atoms with E-state index in [0.717, 1.165) is 0 Å². The van der Waals surface area contributed by atoms with Crippen molar-refractivity contribution in [3.63, 3.8) is 0 Å². The lowest BCUT2D eigenvalue weighted by molar-refractivity contribution is 0.114. The van der Waals surface area contributed by atoms with Gasteiger partial charge >= 0.3 is 0 Å². The van der Waals surface area contributed by atoms with Gasteiger partial charge in [0.2, 0.25) is 5.67 Å². The number of alkyl halides is 1. The fourth-order valence-corrected chi connectivity index (χ4v) is 1.52. The van der Waals surface area contributed by atoms with Gasteiger partial charge in [0.15, 0.2) is 0 Å². The molecule has 0 aromatic rings. The zero-order chi connectivity index (χ0) is 9.90. The highest BCUT2D eigenvalue weighted by Crippen LogP contribution is 2.24. The molecule has 74 valence electrons. The van der Waals surface area contributed by atoms with Crippen molar-refractivity contribution in [3.05, 3.63) is 0 Å². The third kappa shape index (κ3) is 2.64. The Balaban J connectivity index is 2.38. The van der Waals surface area contributed by atoms with E-state index in [1.807, 2.05) is 6.92 Å². The second-order valence-corrected chi connectivity index (χ2v) is 3.62. The van der Waals surface area contributed by atoms with Gasteiger partial charge in [-0.15, -0.1) is 0 Å². The fourth-order valence-electron chi connectivity index (χ4n) is 1.52. The maximum atomic E-state index is 13.4. The number of aliphatic hydroxyl groups is 1. The van der Waals surface area contributed by atoms with E-state index >= 15 is 0 Å². The SMILES string of the molecule is CC[C@H](O)CN1CCC(F)(C#N)C1. The number of likely N-dealkylation sites (tertiary alicyclic amines) is 1. The maximum Gasteiger partial charge on any atom is 0.209 e. The van der Waals surface area contributed by atoms with Crippen LogP contribution in [0.5, 0.6) is 0 Å². The Morgan fingerprint density at radius 1 is 1.77 bits per heavy atom.